The summed E-state index contributed by atoms with van der Waals surface area (Å²) in [5.74, 6) is -21.4. The number of nitrogens with zero attached hydrogens (tertiary/aromatic N) is 1. The molecule has 0 unspecified atom stereocenters. The third kappa shape index (κ3) is 28.2. The van der Waals surface area contributed by atoms with Crippen molar-refractivity contribution in [2.24, 2.45) is 0 Å². The van der Waals surface area contributed by atoms with Crippen molar-refractivity contribution >= 4 is 109 Å². The Hall–Kier alpha value is -9.62. The number of aryl methyl sites for hydroxylation is 4. The second-order valence-electron chi connectivity index (χ2n) is 17.2. The molecule has 0 aromatic heterocycles. The van der Waals surface area contributed by atoms with Gasteiger partial charge < -0.3 is 46.6 Å². The number of amides is 3. The van der Waals surface area contributed by atoms with Crippen molar-refractivity contribution in [2.75, 3.05) is 16.0 Å². The van der Waals surface area contributed by atoms with Crippen LogP contribution in [0, 0.1) is 27.5 Å². The van der Waals surface area contributed by atoms with E-state index in [4.69, 9.17) is 30.1 Å². The lowest BCUT2D eigenvalue weighted by Gasteiger charge is -2.17. The number of anilines is 3. The number of aromatic carboxylic acids is 3. The van der Waals surface area contributed by atoms with Crippen molar-refractivity contribution in [3.05, 3.63) is 204 Å². The Bertz CT molecular complexity index is 3780. The van der Waals surface area contributed by atoms with Crippen LogP contribution in [-0.2, 0) is 37.3 Å². The molecule has 3 amide bonds. The molecule has 22 nitrogen and oxygen atoms in total. The number of nitro groups is 1. The Morgan fingerprint density at radius 3 is 1.57 bits per heavy atom. The standard InChI is InChI=1S/C16H16N2O4.C12H13NO3.C8H5F3O2S.C8H10O3S.C7H4INO4.C5HF7O2/c1-2-10-5-3-4-6-13(10)18-16(22)17-11-7-8-12(15(20)21)14(19)9-11;1-2-9-5-3-4-6-10(9)13-11(14)7-8-12(15)16;9-8(10,11)14-6-3-1-5(2-4-6)7(12)13;1-6-3-4-7(2)8(5-6)12(9,10)11;8-5-2-1-4(7(10)11)3-6(5)9(12)13;6-1(3(13)14)2(7)4(8,9)5(10,11)12/h3-9,19H,2H2,1H3,(H,20,21)(H2,17,18,22);3-8H,2H2,1H3,(H,13,14)(H,15,16);1-4H,(H,12,13);3-5H,1-2H3,(H,9,10,11);1-3H,(H,10,11);(H,13,14)/b;8-7-;;;;. The molecule has 0 saturated heterocycles. The zero-order valence-electron chi connectivity index (χ0n) is 46.7. The van der Waals surface area contributed by atoms with Crippen LogP contribution in [0.15, 0.2) is 161 Å². The van der Waals surface area contributed by atoms with Gasteiger partial charge in [-0.3, -0.25) is 19.5 Å². The van der Waals surface area contributed by atoms with Gasteiger partial charge in [-0.05, 0) is 150 Å². The van der Waals surface area contributed by atoms with Crippen molar-refractivity contribution in [3.8, 4) is 5.75 Å². The number of benzene rings is 6. The fraction of sp³-hybridized carbons (Fsp3) is 0.161. The summed E-state index contributed by atoms with van der Waals surface area (Å²) in [4.78, 5) is 84.4. The number of hydrogen-bond donors (Lipinski definition) is 10. The number of alkyl halides is 8. The smallest absolute Gasteiger partial charge is 0.460 e. The van der Waals surface area contributed by atoms with E-state index in [1.165, 1.54) is 36.4 Å². The van der Waals surface area contributed by atoms with E-state index in [9.17, 15) is 101 Å². The number of carbonyl (C=O) groups is 7. The molecule has 0 aliphatic heterocycles. The van der Waals surface area contributed by atoms with Crippen molar-refractivity contribution < 1.29 is 126 Å². The monoisotopic (exact) mass is 1450 g/mol. The number of urea groups is 1. The lowest BCUT2D eigenvalue weighted by Crippen LogP contribution is -2.38. The van der Waals surface area contributed by atoms with Crippen LogP contribution < -0.4 is 16.0 Å². The number of carboxylic acid groups (broad SMARTS) is 5. The molecule has 6 rings (SSSR count). The number of thioether (sulfide) groups is 1. The highest BCUT2D eigenvalue weighted by molar-refractivity contribution is 14.1. The molecule has 490 valence electrons. The Labute approximate surface area is 526 Å². The normalized spacial score (nSPS) is 11.2. The van der Waals surface area contributed by atoms with Crippen molar-refractivity contribution in [1.29, 1.82) is 0 Å². The van der Waals surface area contributed by atoms with E-state index in [2.05, 4.69) is 16.0 Å². The van der Waals surface area contributed by atoms with Crippen molar-refractivity contribution in [1.82, 2.24) is 0 Å². The first-order valence-corrected chi connectivity index (χ1v) is 27.9. The second-order valence-corrected chi connectivity index (χ2v) is 20.8. The predicted molar refractivity (Wildman–Crippen MR) is 316 cm³/mol. The average Bonchev–Trinajstić information content (AvgIpc) is 2.82. The van der Waals surface area contributed by atoms with E-state index < -0.39 is 91.8 Å². The number of phenols is 1. The number of para-hydroxylation sites is 2. The van der Waals surface area contributed by atoms with Crippen molar-refractivity contribution in [3.63, 3.8) is 0 Å². The number of hydrogen-bond acceptors (Lipinski definition) is 13. The summed E-state index contributed by atoms with van der Waals surface area (Å²) in [6.07, 6.45) is -2.99. The maximum Gasteiger partial charge on any atom is 0.460 e. The number of carboxylic acids is 5. The Morgan fingerprint density at radius 1 is 0.648 bits per heavy atom. The van der Waals surface area contributed by atoms with Gasteiger partial charge in [-0.1, -0.05) is 62.4 Å². The van der Waals surface area contributed by atoms with Gasteiger partial charge >= 0.3 is 53.5 Å². The fourth-order valence-electron chi connectivity index (χ4n) is 6.22. The lowest BCUT2D eigenvalue weighted by atomic mass is 10.1. The molecular formula is C56H49F10IN4O18S2. The molecule has 0 bridgehead atoms. The molecule has 0 heterocycles. The van der Waals surface area contributed by atoms with Gasteiger partial charge in [0.1, 0.15) is 11.3 Å². The summed E-state index contributed by atoms with van der Waals surface area (Å²) in [5.41, 5.74) is 0.252. The van der Waals surface area contributed by atoms with Crippen LogP contribution in [0.2, 0.25) is 0 Å². The summed E-state index contributed by atoms with van der Waals surface area (Å²) >= 11 is 1.51. The topological polar surface area (TPSA) is 374 Å². The molecule has 0 saturated carbocycles. The summed E-state index contributed by atoms with van der Waals surface area (Å²) in [6.45, 7) is 7.38. The minimum Gasteiger partial charge on any atom is -0.507 e. The van der Waals surface area contributed by atoms with Gasteiger partial charge in [-0.15, -0.1) is 0 Å². The van der Waals surface area contributed by atoms with Gasteiger partial charge in [0.15, 0.2) is 0 Å². The van der Waals surface area contributed by atoms with Crippen molar-refractivity contribution in [2.45, 2.75) is 67.9 Å². The van der Waals surface area contributed by atoms with Crippen LogP contribution in [-0.4, -0.2) is 108 Å². The van der Waals surface area contributed by atoms with Crippen LogP contribution in [0.4, 0.5) is 71.4 Å². The molecule has 0 aliphatic carbocycles. The fourth-order valence-corrected chi connectivity index (χ4v) is 8.11. The number of halogens is 11. The number of aromatic hydroxyl groups is 1. The Balaban J connectivity index is 0.000000553. The van der Waals surface area contributed by atoms with E-state index in [0.29, 0.717) is 26.2 Å². The third-order valence-corrected chi connectivity index (χ3v) is 13.2. The molecule has 6 aromatic rings. The van der Waals surface area contributed by atoms with Gasteiger partial charge in [0.2, 0.25) is 17.6 Å². The molecule has 35 heteroatoms. The maximum absolute atomic E-state index is 12.0. The zero-order valence-corrected chi connectivity index (χ0v) is 50.5. The number of allylic oxidation sites excluding steroid dienone is 1. The van der Waals surface area contributed by atoms with Gasteiger partial charge in [-0.2, -0.15) is 47.9 Å². The number of rotatable bonds is 15. The Kier molecular flexibility index (Phi) is 31.5. The second kappa shape index (κ2) is 36.1. The number of aliphatic carboxylic acids is 2. The largest absolute Gasteiger partial charge is 0.507 e. The van der Waals surface area contributed by atoms with Gasteiger partial charge in [0, 0.05) is 46.2 Å². The number of nitrogens with one attached hydrogen (secondary N) is 3. The number of nitro benzene ring substituents is 1. The molecule has 0 radical (unpaired) electrons. The average molecular weight is 1450 g/mol. The summed E-state index contributed by atoms with van der Waals surface area (Å²) in [7, 11) is -4.06. The van der Waals surface area contributed by atoms with Crippen LogP contribution >= 0.6 is 34.4 Å². The molecular weight excluding hydrogens is 1400 g/mol. The minimum atomic E-state index is -6.39. The van der Waals surface area contributed by atoms with Crippen LogP contribution in [0.1, 0.15) is 67.2 Å². The first kappa shape index (κ1) is 79.4. The van der Waals surface area contributed by atoms with Gasteiger partial charge in [-0.25, -0.2) is 33.2 Å². The van der Waals surface area contributed by atoms with Crippen LogP contribution in [0.3, 0.4) is 0 Å². The molecule has 91 heavy (non-hydrogen) atoms. The summed E-state index contributed by atoms with van der Waals surface area (Å²) < 4.78 is 148. The zero-order chi connectivity index (χ0) is 69.9. The molecule has 0 atom stereocenters. The summed E-state index contributed by atoms with van der Waals surface area (Å²) in [5, 5.41) is 69.7. The molecule has 10 N–H and O–H groups in total. The Morgan fingerprint density at radius 2 is 1.15 bits per heavy atom. The van der Waals surface area contributed by atoms with Crippen LogP contribution in [0.25, 0.3) is 0 Å². The molecule has 6 aromatic carbocycles. The van der Waals surface area contributed by atoms with E-state index >= 15 is 0 Å². The maximum atomic E-state index is 12.0. The van der Waals surface area contributed by atoms with Gasteiger partial charge in [0.05, 0.1) is 24.5 Å². The highest BCUT2D eigenvalue weighted by Crippen LogP contribution is 2.43. The minimum absolute atomic E-state index is 0.0116. The van der Waals surface area contributed by atoms with E-state index in [1.807, 2.05) is 50.2 Å². The van der Waals surface area contributed by atoms with E-state index in [0.717, 1.165) is 72.0 Å². The highest BCUT2D eigenvalue weighted by atomic mass is 127. The SMILES string of the molecule is CCc1ccccc1NC(=O)/C=C\C(=O)O.CCc1ccccc1NC(=O)Nc1ccc(C(=O)O)c(O)c1.Cc1ccc(C)c(S(=O)(=O)O)c1.O=C(O)C(F)=C(F)C(F)(F)C(F)(F)F.O=C(O)c1ccc(I)c([N+](=O)[O-])c1.O=C(O)c1ccc(SC(F)(F)F)cc1. The molecule has 0 spiro atoms. The lowest BCUT2D eigenvalue weighted by molar-refractivity contribution is -0.385. The predicted octanol–water partition coefficient (Wildman–Crippen LogP) is 14.0. The first-order chi connectivity index (χ1) is 42.0. The quantitative estimate of drug-likeness (QED) is 0.00868. The molecule has 0 aliphatic rings. The third-order valence-electron chi connectivity index (χ3n) is 10.5. The van der Waals surface area contributed by atoms with E-state index in [1.54, 1.807) is 60.7 Å². The summed E-state index contributed by atoms with van der Waals surface area (Å²) in [6, 6.07) is 31.4. The van der Waals surface area contributed by atoms with Gasteiger partial charge in [0.25, 0.3) is 15.8 Å². The number of carbonyl (C=O) groups excluding carboxylic acids is 2. The van der Waals surface area contributed by atoms with E-state index in [-0.39, 0.29) is 43.9 Å². The molecule has 0 fully saturated rings. The highest BCUT2D eigenvalue weighted by Gasteiger charge is 2.63. The first-order valence-electron chi connectivity index (χ1n) is 24.5. The van der Waals surface area contributed by atoms with Crippen LogP contribution in [0.5, 0.6) is 5.75 Å².